The Hall–Kier alpha value is -1.12. The van der Waals surface area contributed by atoms with E-state index in [1.807, 2.05) is 18.7 Å². The first-order chi connectivity index (χ1) is 9.30. The lowest BCUT2D eigenvalue weighted by Crippen LogP contribution is -2.55. The summed E-state index contributed by atoms with van der Waals surface area (Å²) in [5.74, 6) is -0.0966. The SMILES string of the molecule is CC(C)[C@@](C)(C#N)NC(=O)CN1CCCC[C@H]1[C@H](C)O. The van der Waals surface area contributed by atoms with E-state index in [0.29, 0.717) is 0 Å². The molecule has 1 fully saturated rings. The second-order valence-electron chi connectivity index (χ2n) is 6.29. The molecule has 1 rings (SSSR count). The Morgan fingerprint density at radius 1 is 1.50 bits per heavy atom. The van der Waals surface area contributed by atoms with Gasteiger partial charge in [-0.25, -0.2) is 0 Å². The number of carbonyl (C=O) groups excluding carboxylic acids is 1. The molecule has 0 spiro atoms. The van der Waals surface area contributed by atoms with E-state index in [-0.39, 0.29) is 24.4 Å². The fourth-order valence-corrected chi connectivity index (χ4v) is 2.57. The molecule has 20 heavy (non-hydrogen) atoms. The Morgan fingerprint density at radius 3 is 2.65 bits per heavy atom. The number of amides is 1. The van der Waals surface area contributed by atoms with Crippen molar-refractivity contribution in [3.8, 4) is 6.07 Å². The van der Waals surface area contributed by atoms with Crippen molar-refractivity contribution >= 4 is 5.91 Å². The minimum atomic E-state index is -0.840. The summed E-state index contributed by atoms with van der Waals surface area (Å²) < 4.78 is 0. The van der Waals surface area contributed by atoms with Gasteiger partial charge in [0.05, 0.1) is 18.7 Å². The lowest BCUT2D eigenvalue weighted by Gasteiger charge is -2.37. The Labute approximate surface area is 122 Å². The van der Waals surface area contributed by atoms with Crippen molar-refractivity contribution < 1.29 is 9.90 Å². The fraction of sp³-hybridized carbons (Fsp3) is 0.867. The molecule has 0 aromatic heterocycles. The van der Waals surface area contributed by atoms with Gasteiger partial charge in [-0.1, -0.05) is 20.3 Å². The van der Waals surface area contributed by atoms with Crippen molar-refractivity contribution in [1.82, 2.24) is 10.2 Å². The van der Waals surface area contributed by atoms with Crippen molar-refractivity contribution in [2.24, 2.45) is 5.92 Å². The first-order valence-electron chi connectivity index (χ1n) is 7.44. The molecule has 1 aliphatic rings. The molecule has 5 heteroatoms. The molecule has 1 amide bonds. The largest absolute Gasteiger partial charge is 0.392 e. The maximum atomic E-state index is 12.2. The molecule has 0 bridgehead atoms. The lowest BCUT2D eigenvalue weighted by atomic mass is 9.90. The minimum Gasteiger partial charge on any atom is -0.392 e. The highest BCUT2D eigenvalue weighted by molar-refractivity contribution is 5.79. The molecule has 0 saturated carbocycles. The van der Waals surface area contributed by atoms with Crippen LogP contribution >= 0.6 is 0 Å². The molecule has 0 radical (unpaired) electrons. The van der Waals surface area contributed by atoms with E-state index in [1.54, 1.807) is 13.8 Å². The second kappa shape index (κ2) is 7.05. The number of likely N-dealkylation sites (tertiary alicyclic amines) is 1. The van der Waals surface area contributed by atoms with E-state index in [0.717, 1.165) is 25.8 Å². The third-order valence-electron chi connectivity index (χ3n) is 4.35. The number of nitriles is 1. The molecule has 0 aromatic rings. The number of nitrogens with zero attached hydrogens (tertiary/aromatic N) is 2. The molecule has 1 saturated heterocycles. The molecule has 1 heterocycles. The van der Waals surface area contributed by atoms with Gasteiger partial charge in [-0.2, -0.15) is 5.26 Å². The Bertz CT molecular complexity index is 376. The fourth-order valence-electron chi connectivity index (χ4n) is 2.57. The van der Waals surface area contributed by atoms with E-state index < -0.39 is 11.6 Å². The number of hydrogen-bond acceptors (Lipinski definition) is 4. The molecule has 0 aromatic carbocycles. The number of aliphatic hydroxyl groups is 1. The number of piperidine rings is 1. The predicted molar refractivity (Wildman–Crippen MR) is 77.9 cm³/mol. The van der Waals surface area contributed by atoms with Crippen LogP contribution in [0.5, 0.6) is 0 Å². The van der Waals surface area contributed by atoms with Crippen LogP contribution in [0.1, 0.15) is 47.0 Å². The van der Waals surface area contributed by atoms with Crippen LogP contribution in [0.4, 0.5) is 0 Å². The van der Waals surface area contributed by atoms with Gasteiger partial charge in [0.25, 0.3) is 0 Å². The molecule has 3 atom stereocenters. The molecule has 2 N–H and O–H groups in total. The summed E-state index contributed by atoms with van der Waals surface area (Å²) in [5, 5.41) is 21.9. The summed E-state index contributed by atoms with van der Waals surface area (Å²) in [7, 11) is 0. The normalized spacial score (nSPS) is 24.8. The Kier molecular flexibility index (Phi) is 5.97. The van der Waals surface area contributed by atoms with Gasteiger partial charge in [0.15, 0.2) is 0 Å². The maximum absolute atomic E-state index is 12.2. The van der Waals surface area contributed by atoms with E-state index in [9.17, 15) is 15.2 Å². The quantitative estimate of drug-likeness (QED) is 0.796. The van der Waals surface area contributed by atoms with Crippen LogP contribution in [-0.4, -0.2) is 46.7 Å². The topological polar surface area (TPSA) is 76.4 Å². The summed E-state index contributed by atoms with van der Waals surface area (Å²) in [4.78, 5) is 14.2. The predicted octanol–water partition coefficient (Wildman–Crippen LogP) is 1.28. The maximum Gasteiger partial charge on any atom is 0.235 e. The van der Waals surface area contributed by atoms with E-state index in [4.69, 9.17) is 0 Å². The van der Waals surface area contributed by atoms with Crippen molar-refractivity contribution in [2.75, 3.05) is 13.1 Å². The van der Waals surface area contributed by atoms with Gasteiger partial charge >= 0.3 is 0 Å². The monoisotopic (exact) mass is 281 g/mol. The van der Waals surface area contributed by atoms with E-state index in [1.165, 1.54) is 0 Å². The van der Waals surface area contributed by atoms with E-state index >= 15 is 0 Å². The average Bonchev–Trinajstić information content (AvgIpc) is 2.38. The molecule has 0 unspecified atom stereocenters. The molecule has 5 nitrogen and oxygen atoms in total. The van der Waals surface area contributed by atoms with Crippen LogP contribution < -0.4 is 5.32 Å². The highest BCUT2D eigenvalue weighted by Crippen LogP contribution is 2.20. The number of carbonyl (C=O) groups is 1. The van der Waals surface area contributed by atoms with Crippen molar-refractivity contribution in [3.63, 3.8) is 0 Å². The lowest BCUT2D eigenvalue weighted by molar-refractivity contribution is -0.125. The number of nitrogens with one attached hydrogen (secondary N) is 1. The van der Waals surface area contributed by atoms with Gasteiger partial charge in [-0.3, -0.25) is 9.69 Å². The van der Waals surface area contributed by atoms with Crippen LogP contribution in [0.15, 0.2) is 0 Å². The summed E-state index contributed by atoms with van der Waals surface area (Å²) in [5.41, 5.74) is -0.840. The van der Waals surface area contributed by atoms with Crippen LogP contribution in [0.3, 0.4) is 0 Å². The zero-order chi connectivity index (χ0) is 15.3. The van der Waals surface area contributed by atoms with Gasteiger partial charge in [-0.15, -0.1) is 0 Å². The van der Waals surface area contributed by atoms with Crippen LogP contribution in [0.25, 0.3) is 0 Å². The Balaban J connectivity index is 2.63. The average molecular weight is 281 g/mol. The third-order valence-corrected chi connectivity index (χ3v) is 4.35. The smallest absolute Gasteiger partial charge is 0.235 e. The zero-order valence-electron chi connectivity index (χ0n) is 13.0. The highest BCUT2D eigenvalue weighted by atomic mass is 16.3. The minimum absolute atomic E-state index is 0.0434. The van der Waals surface area contributed by atoms with Gasteiger partial charge in [0.2, 0.25) is 5.91 Å². The van der Waals surface area contributed by atoms with E-state index in [2.05, 4.69) is 11.4 Å². The molecule has 1 aliphatic heterocycles. The second-order valence-corrected chi connectivity index (χ2v) is 6.29. The first-order valence-corrected chi connectivity index (χ1v) is 7.44. The zero-order valence-corrected chi connectivity index (χ0v) is 13.0. The summed E-state index contributed by atoms with van der Waals surface area (Å²) in [6, 6.07) is 2.22. The standard InChI is InChI=1S/C15H27N3O2/c1-11(2)15(4,10-16)17-14(20)9-18-8-6-5-7-13(18)12(3)19/h11-13,19H,5-9H2,1-4H3,(H,17,20)/t12-,13-,15+/m0/s1. The van der Waals surface area contributed by atoms with Gasteiger partial charge < -0.3 is 10.4 Å². The van der Waals surface area contributed by atoms with Gasteiger partial charge in [0.1, 0.15) is 5.54 Å². The molecular weight excluding hydrogens is 254 g/mol. The summed E-state index contributed by atoms with van der Waals surface area (Å²) in [6.45, 7) is 8.44. The van der Waals surface area contributed by atoms with Crippen molar-refractivity contribution in [3.05, 3.63) is 0 Å². The number of aliphatic hydroxyl groups excluding tert-OH is 1. The van der Waals surface area contributed by atoms with Crippen LogP contribution in [0, 0.1) is 17.2 Å². The summed E-state index contributed by atoms with van der Waals surface area (Å²) in [6.07, 6.45) is 2.63. The third kappa shape index (κ3) is 4.19. The van der Waals surface area contributed by atoms with Crippen molar-refractivity contribution in [1.29, 1.82) is 5.26 Å². The summed E-state index contributed by atoms with van der Waals surface area (Å²) >= 11 is 0. The first kappa shape index (κ1) is 16.9. The highest BCUT2D eigenvalue weighted by Gasteiger charge is 2.32. The number of hydrogen-bond donors (Lipinski definition) is 2. The van der Waals surface area contributed by atoms with Crippen molar-refractivity contribution in [2.45, 2.75) is 64.6 Å². The van der Waals surface area contributed by atoms with Crippen LogP contribution in [-0.2, 0) is 4.79 Å². The number of rotatable bonds is 5. The van der Waals surface area contributed by atoms with Gasteiger partial charge in [0, 0.05) is 6.04 Å². The Morgan fingerprint density at radius 2 is 2.15 bits per heavy atom. The molecule has 0 aliphatic carbocycles. The van der Waals surface area contributed by atoms with Crippen LogP contribution in [0.2, 0.25) is 0 Å². The molecule has 114 valence electrons. The molecular formula is C15H27N3O2. The van der Waals surface area contributed by atoms with Gasteiger partial charge in [-0.05, 0) is 39.2 Å².